The van der Waals surface area contributed by atoms with Crippen LogP contribution in [-0.2, 0) is 0 Å². The van der Waals surface area contributed by atoms with Crippen molar-refractivity contribution in [2.45, 2.75) is 0 Å². The topological polar surface area (TPSA) is 56.2 Å². The summed E-state index contributed by atoms with van der Waals surface area (Å²) in [4.78, 5) is 3.38. The number of aromatic hydroxyl groups is 2. The van der Waals surface area contributed by atoms with Gasteiger partial charge in [0.2, 0.25) is 0 Å². The molecule has 0 aliphatic carbocycles. The SMILES string of the molecule is Oc1ccccc1-c1[nH]c2ccccc2c1-c1ccccc1O. The lowest BCUT2D eigenvalue weighted by Crippen LogP contribution is -1.84. The Morgan fingerprint density at radius 2 is 1.17 bits per heavy atom. The van der Waals surface area contributed by atoms with Crippen LogP contribution in [0.3, 0.4) is 0 Å². The van der Waals surface area contributed by atoms with Gasteiger partial charge in [0.15, 0.2) is 0 Å². The van der Waals surface area contributed by atoms with Crippen LogP contribution >= 0.6 is 0 Å². The van der Waals surface area contributed by atoms with Crippen LogP contribution in [0.2, 0.25) is 0 Å². The first kappa shape index (κ1) is 13.5. The van der Waals surface area contributed by atoms with E-state index in [4.69, 9.17) is 0 Å². The molecule has 0 spiro atoms. The van der Waals surface area contributed by atoms with Gasteiger partial charge in [0.25, 0.3) is 0 Å². The van der Waals surface area contributed by atoms with Gasteiger partial charge in [-0.15, -0.1) is 0 Å². The summed E-state index contributed by atoms with van der Waals surface area (Å²) >= 11 is 0. The molecule has 1 aromatic heterocycles. The highest BCUT2D eigenvalue weighted by atomic mass is 16.3. The molecule has 0 unspecified atom stereocenters. The van der Waals surface area contributed by atoms with Crippen LogP contribution in [0.15, 0.2) is 72.8 Å². The van der Waals surface area contributed by atoms with E-state index in [1.165, 1.54) is 0 Å². The highest BCUT2D eigenvalue weighted by molar-refractivity contribution is 6.05. The van der Waals surface area contributed by atoms with Crippen LogP contribution in [0.1, 0.15) is 0 Å². The summed E-state index contributed by atoms with van der Waals surface area (Å²) < 4.78 is 0. The van der Waals surface area contributed by atoms with Crippen molar-refractivity contribution in [3.05, 3.63) is 72.8 Å². The van der Waals surface area contributed by atoms with E-state index < -0.39 is 0 Å². The van der Waals surface area contributed by atoms with E-state index in [0.717, 1.165) is 27.7 Å². The molecule has 3 heteroatoms. The Balaban J connectivity index is 2.12. The molecule has 0 aliphatic rings. The van der Waals surface area contributed by atoms with Gasteiger partial charge in [-0.2, -0.15) is 0 Å². The quantitative estimate of drug-likeness (QED) is 0.492. The fourth-order valence-electron chi connectivity index (χ4n) is 2.99. The maximum Gasteiger partial charge on any atom is 0.124 e. The molecule has 0 atom stereocenters. The minimum Gasteiger partial charge on any atom is -0.507 e. The number of aromatic nitrogens is 1. The predicted molar refractivity (Wildman–Crippen MR) is 92.5 cm³/mol. The Kier molecular flexibility index (Phi) is 3.05. The third-order valence-electron chi connectivity index (χ3n) is 4.05. The van der Waals surface area contributed by atoms with Crippen LogP contribution in [0.5, 0.6) is 11.5 Å². The zero-order valence-corrected chi connectivity index (χ0v) is 12.3. The van der Waals surface area contributed by atoms with Gasteiger partial charge in [-0.1, -0.05) is 48.5 Å². The van der Waals surface area contributed by atoms with Gasteiger partial charge in [0, 0.05) is 27.6 Å². The van der Waals surface area contributed by atoms with Gasteiger partial charge in [-0.3, -0.25) is 0 Å². The van der Waals surface area contributed by atoms with Crippen LogP contribution in [0.25, 0.3) is 33.3 Å². The number of hydrogen-bond acceptors (Lipinski definition) is 2. The Labute approximate surface area is 133 Å². The molecule has 0 bridgehead atoms. The summed E-state index contributed by atoms with van der Waals surface area (Å²) in [6.07, 6.45) is 0. The average molecular weight is 301 g/mol. The van der Waals surface area contributed by atoms with E-state index in [2.05, 4.69) is 4.98 Å². The number of phenolic OH excluding ortho intramolecular Hbond substituents is 2. The van der Waals surface area contributed by atoms with Crippen LogP contribution < -0.4 is 0 Å². The molecule has 0 amide bonds. The number of hydrogen-bond donors (Lipinski definition) is 3. The van der Waals surface area contributed by atoms with Gasteiger partial charge in [0.05, 0.1) is 5.69 Å². The maximum atomic E-state index is 10.3. The summed E-state index contributed by atoms with van der Waals surface area (Å²) in [5.41, 5.74) is 4.10. The number of rotatable bonds is 2. The average Bonchev–Trinajstić information content (AvgIpc) is 2.95. The molecule has 23 heavy (non-hydrogen) atoms. The van der Waals surface area contributed by atoms with Crippen molar-refractivity contribution in [3.63, 3.8) is 0 Å². The molecular weight excluding hydrogens is 286 g/mol. The first-order chi connectivity index (χ1) is 11.3. The van der Waals surface area contributed by atoms with Gasteiger partial charge in [0.1, 0.15) is 11.5 Å². The zero-order valence-electron chi connectivity index (χ0n) is 12.3. The number of para-hydroxylation sites is 3. The third-order valence-corrected chi connectivity index (χ3v) is 4.05. The van der Waals surface area contributed by atoms with Gasteiger partial charge in [-0.25, -0.2) is 0 Å². The van der Waals surface area contributed by atoms with E-state index >= 15 is 0 Å². The largest absolute Gasteiger partial charge is 0.507 e. The second kappa shape index (κ2) is 5.21. The second-order valence-corrected chi connectivity index (χ2v) is 5.45. The van der Waals surface area contributed by atoms with Crippen molar-refractivity contribution in [1.82, 2.24) is 4.98 Å². The van der Waals surface area contributed by atoms with Crippen LogP contribution in [0, 0.1) is 0 Å². The lowest BCUT2D eigenvalue weighted by Gasteiger charge is -2.09. The number of fused-ring (bicyclic) bond motifs is 1. The van der Waals surface area contributed by atoms with Crippen molar-refractivity contribution >= 4 is 10.9 Å². The van der Waals surface area contributed by atoms with Gasteiger partial charge >= 0.3 is 0 Å². The lowest BCUT2D eigenvalue weighted by molar-refractivity contribution is 0.476. The van der Waals surface area contributed by atoms with Crippen molar-refractivity contribution in [3.8, 4) is 33.9 Å². The molecule has 0 saturated heterocycles. The smallest absolute Gasteiger partial charge is 0.124 e. The van der Waals surface area contributed by atoms with Crippen molar-refractivity contribution in [2.75, 3.05) is 0 Å². The fraction of sp³-hybridized carbons (Fsp3) is 0. The fourth-order valence-corrected chi connectivity index (χ4v) is 2.99. The van der Waals surface area contributed by atoms with Gasteiger partial charge < -0.3 is 15.2 Å². The van der Waals surface area contributed by atoms with E-state index in [0.29, 0.717) is 5.56 Å². The monoisotopic (exact) mass is 301 g/mol. The lowest BCUT2D eigenvalue weighted by atomic mass is 9.97. The molecule has 3 aromatic carbocycles. The Morgan fingerprint density at radius 3 is 1.87 bits per heavy atom. The molecule has 112 valence electrons. The summed E-state index contributed by atoms with van der Waals surface area (Å²) in [5, 5.41) is 21.6. The highest BCUT2D eigenvalue weighted by Gasteiger charge is 2.18. The molecule has 1 heterocycles. The maximum absolute atomic E-state index is 10.3. The molecule has 0 saturated carbocycles. The van der Waals surface area contributed by atoms with Crippen molar-refractivity contribution in [1.29, 1.82) is 0 Å². The molecule has 0 fully saturated rings. The highest BCUT2D eigenvalue weighted by Crippen LogP contribution is 2.43. The Bertz CT molecular complexity index is 1000. The normalized spacial score (nSPS) is 11.0. The van der Waals surface area contributed by atoms with E-state index in [9.17, 15) is 10.2 Å². The first-order valence-electron chi connectivity index (χ1n) is 7.43. The summed E-state index contributed by atoms with van der Waals surface area (Å²) in [7, 11) is 0. The standard InChI is InChI=1S/C20H15NO2/c22-17-11-5-2-8-14(17)19-13-7-1-4-10-16(13)21-20(19)15-9-3-6-12-18(15)23/h1-12,21-23H. The van der Waals surface area contributed by atoms with Crippen LogP contribution in [-0.4, -0.2) is 15.2 Å². The summed E-state index contributed by atoms with van der Waals surface area (Å²) in [6.45, 7) is 0. The third kappa shape index (κ3) is 2.14. The van der Waals surface area contributed by atoms with Gasteiger partial charge in [-0.05, 0) is 24.3 Å². The molecule has 3 nitrogen and oxygen atoms in total. The van der Waals surface area contributed by atoms with E-state index in [1.54, 1.807) is 24.3 Å². The van der Waals surface area contributed by atoms with E-state index in [1.807, 2.05) is 48.5 Å². The molecule has 4 rings (SSSR count). The zero-order chi connectivity index (χ0) is 15.8. The molecule has 4 aromatic rings. The minimum atomic E-state index is 0.204. The number of benzene rings is 3. The van der Waals surface area contributed by atoms with Crippen molar-refractivity contribution < 1.29 is 10.2 Å². The minimum absolute atomic E-state index is 0.204. The molecule has 0 radical (unpaired) electrons. The predicted octanol–water partition coefficient (Wildman–Crippen LogP) is 4.91. The molecule has 3 N–H and O–H groups in total. The Hall–Kier alpha value is -3.20. The molecular formula is C20H15NO2. The summed E-state index contributed by atoms with van der Waals surface area (Å²) in [6, 6.07) is 22.4. The molecule has 0 aliphatic heterocycles. The van der Waals surface area contributed by atoms with E-state index in [-0.39, 0.29) is 11.5 Å². The Morgan fingerprint density at radius 1 is 0.609 bits per heavy atom. The van der Waals surface area contributed by atoms with Crippen molar-refractivity contribution in [2.24, 2.45) is 0 Å². The number of phenols is 2. The number of aromatic amines is 1. The number of nitrogens with one attached hydrogen (secondary N) is 1. The second-order valence-electron chi connectivity index (χ2n) is 5.45. The number of H-pyrrole nitrogens is 1. The van der Waals surface area contributed by atoms with Crippen LogP contribution in [0.4, 0.5) is 0 Å². The first-order valence-corrected chi connectivity index (χ1v) is 7.43. The summed E-state index contributed by atoms with van der Waals surface area (Å²) in [5.74, 6) is 0.421.